The molecule has 1 fully saturated rings. The number of carbonyl (C=O) groups is 1. The summed E-state index contributed by atoms with van der Waals surface area (Å²) in [6, 6.07) is 5.77. The van der Waals surface area contributed by atoms with Crippen molar-refractivity contribution < 1.29 is 9.53 Å². The van der Waals surface area contributed by atoms with E-state index in [-0.39, 0.29) is 5.91 Å². The number of hydrogen-bond donors (Lipinski definition) is 1. The first-order chi connectivity index (χ1) is 12.6. The van der Waals surface area contributed by atoms with Gasteiger partial charge in [0.25, 0.3) is 5.91 Å². The van der Waals surface area contributed by atoms with E-state index in [2.05, 4.69) is 16.5 Å². The SMILES string of the molecule is Cn1cc2c3c(ncc(C(=O)N4CCOCC4)c31)Nc1cc(Cl)ccc1-2. The van der Waals surface area contributed by atoms with Gasteiger partial charge in [0.05, 0.1) is 29.7 Å². The van der Waals surface area contributed by atoms with Gasteiger partial charge >= 0.3 is 0 Å². The lowest BCUT2D eigenvalue weighted by Gasteiger charge is -2.27. The number of pyridine rings is 1. The fourth-order valence-electron chi connectivity index (χ4n) is 3.82. The van der Waals surface area contributed by atoms with E-state index in [1.165, 1.54) is 0 Å². The number of halogens is 1. The van der Waals surface area contributed by atoms with Crippen LogP contribution in [0.4, 0.5) is 11.5 Å². The maximum absolute atomic E-state index is 13.1. The van der Waals surface area contributed by atoms with E-state index in [0.717, 1.165) is 33.5 Å². The van der Waals surface area contributed by atoms with Gasteiger partial charge in [-0.25, -0.2) is 4.98 Å². The van der Waals surface area contributed by atoms with E-state index in [0.29, 0.717) is 36.9 Å². The first kappa shape index (κ1) is 15.7. The highest BCUT2D eigenvalue weighted by molar-refractivity contribution is 6.31. The number of aromatic nitrogens is 2. The molecular formula is C19H17ClN4O2. The summed E-state index contributed by atoms with van der Waals surface area (Å²) in [6.07, 6.45) is 3.72. The molecule has 26 heavy (non-hydrogen) atoms. The number of hydrogen-bond acceptors (Lipinski definition) is 4. The lowest BCUT2D eigenvalue weighted by molar-refractivity contribution is 0.0303. The Labute approximate surface area is 155 Å². The third-order valence-corrected chi connectivity index (χ3v) is 5.28. The predicted octanol–water partition coefficient (Wildman–Crippen LogP) is 3.42. The van der Waals surface area contributed by atoms with Gasteiger partial charge in [-0.3, -0.25) is 4.79 Å². The zero-order valence-electron chi connectivity index (χ0n) is 14.3. The Bertz CT molecular complexity index is 1050. The van der Waals surface area contributed by atoms with Crippen LogP contribution in [0.1, 0.15) is 10.4 Å². The van der Waals surface area contributed by atoms with Crippen LogP contribution in [0, 0.1) is 0 Å². The molecule has 0 spiro atoms. The quantitative estimate of drug-likeness (QED) is 0.559. The standard InChI is InChI=1S/C19H17ClN4O2/c1-23-10-14-12-3-2-11(20)8-15(12)22-18-16(14)17(23)13(9-21-18)19(25)24-4-6-26-7-5-24/h2-3,8-10H,4-7H2,1H3,(H,21,22). The summed E-state index contributed by atoms with van der Waals surface area (Å²) >= 11 is 6.14. The van der Waals surface area contributed by atoms with Gasteiger partial charge < -0.3 is 19.5 Å². The van der Waals surface area contributed by atoms with Crippen LogP contribution in [0.5, 0.6) is 0 Å². The molecule has 0 atom stereocenters. The molecule has 2 aromatic heterocycles. The van der Waals surface area contributed by atoms with Crippen molar-refractivity contribution in [3.05, 3.63) is 41.2 Å². The number of nitrogens with one attached hydrogen (secondary N) is 1. The molecule has 1 N–H and O–H groups in total. The zero-order chi connectivity index (χ0) is 17.8. The minimum absolute atomic E-state index is 0.00185. The normalized spacial score (nSPS) is 15.7. The molecule has 1 aromatic carbocycles. The molecule has 2 aliphatic heterocycles. The van der Waals surface area contributed by atoms with Crippen LogP contribution in [0.25, 0.3) is 22.0 Å². The summed E-state index contributed by atoms with van der Waals surface area (Å²) in [7, 11) is 1.96. The molecule has 3 aromatic rings. The average Bonchev–Trinajstić information content (AvgIpc) is 3.01. The van der Waals surface area contributed by atoms with Crippen LogP contribution < -0.4 is 5.32 Å². The van der Waals surface area contributed by atoms with E-state index < -0.39 is 0 Å². The third-order valence-electron chi connectivity index (χ3n) is 5.05. The van der Waals surface area contributed by atoms with Gasteiger partial charge in [0.2, 0.25) is 0 Å². The smallest absolute Gasteiger partial charge is 0.257 e. The van der Waals surface area contributed by atoms with Gasteiger partial charge in [0.1, 0.15) is 5.82 Å². The molecule has 1 amide bonds. The van der Waals surface area contributed by atoms with Crippen molar-refractivity contribution in [2.24, 2.45) is 7.05 Å². The molecule has 0 unspecified atom stereocenters. The zero-order valence-corrected chi connectivity index (χ0v) is 15.0. The van der Waals surface area contributed by atoms with Crippen LogP contribution in [-0.2, 0) is 11.8 Å². The van der Waals surface area contributed by atoms with Gasteiger partial charge in [-0.05, 0) is 12.1 Å². The first-order valence-corrected chi connectivity index (χ1v) is 8.93. The molecule has 1 saturated heterocycles. The second-order valence-electron chi connectivity index (χ2n) is 6.62. The molecule has 5 rings (SSSR count). The topological polar surface area (TPSA) is 59.4 Å². The number of carbonyl (C=O) groups excluding carboxylic acids is 1. The largest absolute Gasteiger partial charge is 0.378 e. The molecule has 0 radical (unpaired) electrons. The van der Waals surface area contributed by atoms with Gasteiger partial charge in [-0.15, -0.1) is 0 Å². The summed E-state index contributed by atoms with van der Waals surface area (Å²) in [4.78, 5) is 19.4. The Morgan fingerprint density at radius 3 is 2.88 bits per heavy atom. The lowest BCUT2D eigenvalue weighted by atomic mass is 9.98. The fourth-order valence-corrected chi connectivity index (χ4v) is 3.99. The highest BCUT2D eigenvalue weighted by Gasteiger charge is 2.28. The molecular weight excluding hydrogens is 352 g/mol. The maximum Gasteiger partial charge on any atom is 0.257 e. The van der Waals surface area contributed by atoms with Crippen molar-refractivity contribution >= 4 is 39.9 Å². The molecule has 0 saturated carbocycles. The van der Waals surface area contributed by atoms with E-state index in [4.69, 9.17) is 16.3 Å². The van der Waals surface area contributed by atoms with Crippen LogP contribution in [0.3, 0.4) is 0 Å². The first-order valence-electron chi connectivity index (χ1n) is 8.55. The van der Waals surface area contributed by atoms with Gasteiger partial charge in [0.15, 0.2) is 0 Å². The number of benzene rings is 1. The molecule has 2 aliphatic rings. The molecule has 0 bridgehead atoms. The van der Waals surface area contributed by atoms with Crippen LogP contribution in [-0.4, -0.2) is 46.7 Å². The molecule has 4 heterocycles. The number of anilines is 2. The highest BCUT2D eigenvalue weighted by Crippen LogP contribution is 2.45. The maximum atomic E-state index is 13.1. The summed E-state index contributed by atoms with van der Waals surface area (Å²) in [5.41, 5.74) is 4.57. The molecule has 132 valence electrons. The van der Waals surface area contributed by atoms with Crippen molar-refractivity contribution in [1.29, 1.82) is 0 Å². The second-order valence-corrected chi connectivity index (χ2v) is 7.05. The van der Waals surface area contributed by atoms with Crippen molar-refractivity contribution in [2.45, 2.75) is 0 Å². The summed E-state index contributed by atoms with van der Waals surface area (Å²) in [5, 5.41) is 5.00. The number of rotatable bonds is 1. The van der Waals surface area contributed by atoms with E-state index >= 15 is 0 Å². The minimum atomic E-state index is 0.00185. The molecule has 6 nitrogen and oxygen atoms in total. The predicted molar refractivity (Wildman–Crippen MR) is 101 cm³/mol. The summed E-state index contributed by atoms with van der Waals surface area (Å²) in [6.45, 7) is 2.38. The van der Waals surface area contributed by atoms with Gasteiger partial charge in [0, 0.05) is 54.4 Å². The van der Waals surface area contributed by atoms with Crippen LogP contribution >= 0.6 is 11.6 Å². The summed E-state index contributed by atoms with van der Waals surface area (Å²) < 4.78 is 7.37. The second kappa shape index (κ2) is 5.72. The van der Waals surface area contributed by atoms with Gasteiger partial charge in [-0.2, -0.15) is 0 Å². The Hall–Kier alpha value is -2.57. The van der Waals surface area contributed by atoms with Crippen molar-refractivity contribution in [3.63, 3.8) is 0 Å². The number of morpholine rings is 1. The average molecular weight is 369 g/mol. The number of aryl methyl sites for hydroxylation is 1. The van der Waals surface area contributed by atoms with Crippen LogP contribution in [0.15, 0.2) is 30.6 Å². The number of nitrogens with zero attached hydrogens (tertiary/aromatic N) is 3. The Balaban J connectivity index is 1.70. The Morgan fingerprint density at radius 1 is 1.27 bits per heavy atom. The van der Waals surface area contributed by atoms with E-state index in [1.54, 1.807) is 6.20 Å². The van der Waals surface area contributed by atoms with Crippen molar-refractivity contribution in [2.75, 3.05) is 31.6 Å². The number of ether oxygens (including phenoxy) is 1. The minimum Gasteiger partial charge on any atom is -0.378 e. The summed E-state index contributed by atoms with van der Waals surface area (Å²) in [5.74, 6) is 0.755. The van der Waals surface area contributed by atoms with E-state index in [9.17, 15) is 4.79 Å². The molecule has 7 heteroatoms. The monoisotopic (exact) mass is 368 g/mol. The molecule has 0 aliphatic carbocycles. The Morgan fingerprint density at radius 2 is 2.08 bits per heavy atom. The number of amides is 1. The lowest BCUT2D eigenvalue weighted by Crippen LogP contribution is -2.40. The van der Waals surface area contributed by atoms with Gasteiger partial charge in [-0.1, -0.05) is 17.7 Å². The van der Waals surface area contributed by atoms with Crippen molar-refractivity contribution in [3.8, 4) is 11.1 Å². The van der Waals surface area contributed by atoms with E-state index in [1.807, 2.05) is 34.7 Å². The fraction of sp³-hybridized carbons (Fsp3) is 0.263. The third kappa shape index (κ3) is 2.22. The van der Waals surface area contributed by atoms with Crippen molar-refractivity contribution in [1.82, 2.24) is 14.5 Å². The highest BCUT2D eigenvalue weighted by atomic mass is 35.5. The number of fused-ring (bicyclic) bond motifs is 2. The Kier molecular flexibility index (Phi) is 3.45. The van der Waals surface area contributed by atoms with Crippen LogP contribution in [0.2, 0.25) is 5.02 Å².